The number of aromatic nitrogens is 4. The largest absolute Gasteiger partial charge is 0.337 e. The maximum absolute atomic E-state index is 12.7. The van der Waals surface area contributed by atoms with Crippen molar-refractivity contribution in [1.82, 2.24) is 24.4 Å². The minimum absolute atomic E-state index is 0.0999. The minimum Gasteiger partial charge on any atom is -0.337 e. The number of carbonyl (C=O) groups excluding carboxylic acids is 1. The first-order valence-electron chi connectivity index (χ1n) is 9.03. The van der Waals surface area contributed by atoms with Crippen molar-refractivity contribution in [1.29, 1.82) is 0 Å². The molecule has 2 aromatic carbocycles. The van der Waals surface area contributed by atoms with Gasteiger partial charge in [-0.05, 0) is 31.2 Å². The first-order chi connectivity index (χ1) is 13.9. The quantitative estimate of drug-likeness (QED) is 0.476. The number of rotatable bonds is 4. The van der Waals surface area contributed by atoms with Crippen LogP contribution >= 0.6 is 15.9 Å². The average Bonchev–Trinajstić information content (AvgIpc) is 2.70. The van der Waals surface area contributed by atoms with Gasteiger partial charge in [-0.15, -0.1) is 0 Å². The Hall–Kier alpha value is -3.13. The zero-order valence-corrected chi connectivity index (χ0v) is 17.5. The molecule has 146 valence electrons. The molecule has 0 saturated carbocycles. The number of nitrogens with zero attached hydrogens (tertiary/aromatic N) is 5. The fraction of sp³-hybridized carbons (Fsp3) is 0.190. The standard InChI is InChI=1S/C21H18BrN5O2/c1-13-15-5-3-4-6-18(15)25-19(24-13)10-26(2)20(28)11-27-12-23-17-8-7-14(22)9-16(17)21(27)29/h3-9,12H,10-11H2,1-2H3. The summed E-state index contributed by atoms with van der Waals surface area (Å²) in [7, 11) is 1.67. The van der Waals surface area contributed by atoms with Crippen molar-refractivity contribution < 1.29 is 4.79 Å². The van der Waals surface area contributed by atoms with Crippen LogP contribution in [0, 0.1) is 6.92 Å². The minimum atomic E-state index is -0.254. The molecule has 0 fully saturated rings. The van der Waals surface area contributed by atoms with Crippen LogP contribution in [0.15, 0.2) is 58.1 Å². The zero-order chi connectivity index (χ0) is 20.5. The third-order valence-electron chi connectivity index (χ3n) is 4.74. The normalized spacial score (nSPS) is 11.1. The summed E-state index contributed by atoms with van der Waals surface area (Å²) in [5.74, 6) is 0.336. The van der Waals surface area contributed by atoms with E-state index in [9.17, 15) is 9.59 Å². The van der Waals surface area contributed by atoms with Crippen LogP contribution in [-0.2, 0) is 17.9 Å². The molecule has 0 atom stereocenters. The first kappa shape index (κ1) is 19.2. The van der Waals surface area contributed by atoms with E-state index in [4.69, 9.17) is 0 Å². The van der Waals surface area contributed by atoms with Crippen molar-refractivity contribution in [3.05, 3.63) is 75.1 Å². The van der Waals surface area contributed by atoms with Crippen molar-refractivity contribution in [3.63, 3.8) is 0 Å². The molecule has 0 N–H and O–H groups in total. The Kier molecular flexibility index (Phi) is 5.10. The SMILES string of the molecule is Cc1nc(CN(C)C(=O)Cn2cnc3ccc(Br)cc3c2=O)nc2ccccc12. The van der Waals surface area contributed by atoms with Crippen molar-refractivity contribution in [2.24, 2.45) is 0 Å². The van der Waals surface area contributed by atoms with E-state index in [0.29, 0.717) is 16.7 Å². The molecule has 0 bridgehead atoms. The van der Waals surface area contributed by atoms with E-state index in [0.717, 1.165) is 21.1 Å². The van der Waals surface area contributed by atoms with Gasteiger partial charge >= 0.3 is 0 Å². The highest BCUT2D eigenvalue weighted by molar-refractivity contribution is 9.10. The second-order valence-corrected chi connectivity index (χ2v) is 7.75. The summed E-state index contributed by atoms with van der Waals surface area (Å²) in [4.78, 5) is 40.2. The Balaban J connectivity index is 1.55. The first-order valence-corrected chi connectivity index (χ1v) is 9.82. The molecule has 8 heteroatoms. The van der Waals surface area contributed by atoms with Gasteiger partial charge in [-0.25, -0.2) is 15.0 Å². The summed E-state index contributed by atoms with van der Waals surface area (Å²) >= 11 is 3.36. The third kappa shape index (κ3) is 3.88. The summed E-state index contributed by atoms with van der Waals surface area (Å²) in [6.07, 6.45) is 1.40. The van der Waals surface area contributed by atoms with Crippen LogP contribution in [0.4, 0.5) is 0 Å². The monoisotopic (exact) mass is 451 g/mol. The number of benzene rings is 2. The van der Waals surface area contributed by atoms with E-state index < -0.39 is 0 Å². The van der Waals surface area contributed by atoms with E-state index in [1.807, 2.05) is 37.3 Å². The van der Waals surface area contributed by atoms with Crippen LogP contribution < -0.4 is 5.56 Å². The maximum atomic E-state index is 12.7. The van der Waals surface area contributed by atoms with Gasteiger partial charge in [0.05, 0.1) is 29.3 Å². The van der Waals surface area contributed by atoms with Crippen LogP contribution in [0.1, 0.15) is 11.5 Å². The molecule has 0 unspecified atom stereocenters. The molecule has 0 spiro atoms. The number of para-hydroxylation sites is 1. The van der Waals surface area contributed by atoms with Gasteiger partial charge < -0.3 is 4.90 Å². The number of hydrogen-bond acceptors (Lipinski definition) is 5. The summed E-state index contributed by atoms with van der Waals surface area (Å²) < 4.78 is 2.11. The maximum Gasteiger partial charge on any atom is 0.261 e. The number of halogens is 1. The summed E-state index contributed by atoms with van der Waals surface area (Å²) in [5.41, 5.74) is 2.05. The van der Waals surface area contributed by atoms with Crippen LogP contribution in [0.5, 0.6) is 0 Å². The van der Waals surface area contributed by atoms with E-state index in [1.54, 1.807) is 19.2 Å². The number of likely N-dealkylation sites (N-methyl/N-ethyl adjacent to an activating group) is 1. The highest BCUT2D eigenvalue weighted by Crippen LogP contribution is 2.16. The fourth-order valence-corrected chi connectivity index (χ4v) is 3.54. The summed E-state index contributed by atoms with van der Waals surface area (Å²) in [5, 5.41) is 1.45. The van der Waals surface area contributed by atoms with E-state index in [-0.39, 0.29) is 24.6 Å². The molecule has 0 aliphatic rings. The van der Waals surface area contributed by atoms with Gasteiger partial charge in [0.15, 0.2) is 0 Å². The highest BCUT2D eigenvalue weighted by Gasteiger charge is 2.15. The van der Waals surface area contributed by atoms with Crippen LogP contribution in [0.2, 0.25) is 0 Å². The van der Waals surface area contributed by atoms with Gasteiger partial charge in [0, 0.05) is 22.6 Å². The molecular formula is C21H18BrN5O2. The van der Waals surface area contributed by atoms with Crippen molar-refractivity contribution >= 4 is 43.6 Å². The third-order valence-corrected chi connectivity index (χ3v) is 5.23. The molecule has 4 aromatic rings. The molecule has 0 saturated heterocycles. The number of fused-ring (bicyclic) bond motifs is 2. The Morgan fingerprint density at radius 3 is 2.72 bits per heavy atom. The molecule has 0 radical (unpaired) electrons. The zero-order valence-electron chi connectivity index (χ0n) is 16.0. The molecule has 4 rings (SSSR count). The fourth-order valence-electron chi connectivity index (χ4n) is 3.18. The van der Waals surface area contributed by atoms with Crippen molar-refractivity contribution in [3.8, 4) is 0 Å². The van der Waals surface area contributed by atoms with Gasteiger partial charge in [0.1, 0.15) is 12.4 Å². The Morgan fingerprint density at radius 2 is 1.90 bits per heavy atom. The average molecular weight is 452 g/mol. The number of amides is 1. The van der Waals surface area contributed by atoms with Gasteiger partial charge in [-0.1, -0.05) is 34.1 Å². The molecule has 2 heterocycles. The number of carbonyl (C=O) groups is 1. The number of aryl methyl sites for hydroxylation is 1. The van der Waals surface area contributed by atoms with Crippen LogP contribution in [0.25, 0.3) is 21.8 Å². The molecule has 0 aliphatic heterocycles. The van der Waals surface area contributed by atoms with E-state index in [2.05, 4.69) is 30.9 Å². The molecular weight excluding hydrogens is 434 g/mol. The lowest BCUT2D eigenvalue weighted by Gasteiger charge is -2.17. The van der Waals surface area contributed by atoms with Gasteiger partial charge in [-0.2, -0.15) is 0 Å². The smallest absolute Gasteiger partial charge is 0.261 e. The van der Waals surface area contributed by atoms with Gasteiger partial charge in [0.2, 0.25) is 5.91 Å². The lowest BCUT2D eigenvalue weighted by atomic mass is 10.2. The Labute approximate surface area is 175 Å². The van der Waals surface area contributed by atoms with Crippen LogP contribution in [0.3, 0.4) is 0 Å². The Morgan fingerprint density at radius 1 is 1.10 bits per heavy atom. The molecule has 2 aromatic heterocycles. The number of hydrogen-bond donors (Lipinski definition) is 0. The predicted octanol–water partition coefficient (Wildman–Crippen LogP) is 3.07. The molecule has 0 aliphatic carbocycles. The van der Waals surface area contributed by atoms with Crippen molar-refractivity contribution in [2.45, 2.75) is 20.0 Å². The van der Waals surface area contributed by atoms with Gasteiger partial charge in [-0.3, -0.25) is 14.2 Å². The van der Waals surface area contributed by atoms with E-state index >= 15 is 0 Å². The Bertz CT molecular complexity index is 1300. The molecule has 7 nitrogen and oxygen atoms in total. The predicted molar refractivity (Wildman–Crippen MR) is 114 cm³/mol. The molecule has 29 heavy (non-hydrogen) atoms. The van der Waals surface area contributed by atoms with E-state index in [1.165, 1.54) is 15.8 Å². The highest BCUT2D eigenvalue weighted by atomic mass is 79.9. The molecule has 1 amide bonds. The van der Waals surface area contributed by atoms with Crippen molar-refractivity contribution in [2.75, 3.05) is 7.05 Å². The lowest BCUT2D eigenvalue weighted by Crippen LogP contribution is -2.34. The summed E-state index contributed by atoms with van der Waals surface area (Å²) in [6.45, 7) is 2.08. The lowest BCUT2D eigenvalue weighted by molar-refractivity contribution is -0.131. The van der Waals surface area contributed by atoms with Gasteiger partial charge in [0.25, 0.3) is 5.56 Å². The topological polar surface area (TPSA) is 81.0 Å². The summed E-state index contributed by atoms with van der Waals surface area (Å²) in [6, 6.07) is 13.1. The second kappa shape index (κ2) is 7.71. The second-order valence-electron chi connectivity index (χ2n) is 6.83. The van der Waals surface area contributed by atoms with Crippen LogP contribution in [-0.4, -0.2) is 37.4 Å².